The molecule has 4 aromatic rings. The van der Waals surface area contributed by atoms with E-state index in [9.17, 15) is 9.00 Å². The number of anilines is 1. The first-order valence-electron chi connectivity index (χ1n) is 19.5. The van der Waals surface area contributed by atoms with Crippen LogP contribution in [0.25, 0.3) is 32.9 Å². The Morgan fingerprint density at radius 3 is 2.28 bits per heavy atom. The number of pyridine rings is 1. The van der Waals surface area contributed by atoms with Crippen molar-refractivity contribution in [2.45, 2.75) is 133 Å². The van der Waals surface area contributed by atoms with E-state index in [0.717, 1.165) is 0 Å². The largest absolute Gasteiger partial charge is 0.465 e. The number of amides is 1. The average molecular weight is 824 g/mol. The third kappa shape index (κ3) is 6.84. The molecule has 2 aromatic carbocycles. The Hall–Kier alpha value is -4.29. The normalized spacial score (nSPS) is 21.2. The Balaban J connectivity index is 1.48. The summed E-state index contributed by atoms with van der Waals surface area (Å²) in [5, 5.41) is 0.592. The van der Waals surface area contributed by atoms with Crippen LogP contribution in [0.5, 0.6) is 5.88 Å². The summed E-state index contributed by atoms with van der Waals surface area (Å²) in [6.45, 7) is 18.2. The lowest BCUT2D eigenvalue weighted by Crippen LogP contribution is -2.67. The van der Waals surface area contributed by atoms with Crippen LogP contribution in [-0.2, 0) is 15.5 Å². The van der Waals surface area contributed by atoms with E-state index in [1.807, 2.05) is 0 Å². The number of carbonyl (C=O) groups excluding carboxylic acids is 1. The number of carbonyl (C=O) groups is 1. The van der Waals surface area contributed by atoms with Gasteiger partial charge in [-0.25, -0.2) is 37.3 Å². The lowest BCUT2D eigenvalue weighted by Gasteiger charge is -2.48. The average Bonchev–Trinajstić information content (AvgIpc) is 3.36. The van der Waals surface area contributed by atoms with Crippen molar-refractivity contribution >= 4 is 52.5 Å². The van der Waals surface area contributed by atoms with Crippen molar-refractivity contribution in [1.82, 2.24) is 19.9 Å². The minimum Gasteiger partial charge on any atom is -0.465 e. The van der Waals surface area contributed by atoms with E-state index in [-0.39, 0.29) is 67.7 Å². The number of hydrogen-bond donors (Lipinski definition) is 0. The van der Waals surface area contributed by atoms with Gasteiger partial charge in [0.2, 0.25) is 11.0 Å². The van der Waals surface area contributed by atoms with Gasteiger partial charge in [-0.2, -0.15) is 0 Å². The van der Waals surface area contributed by atoms with Gasteiger partial charge in [0, 0.05) is 23.8 Å². The van der Waals surface area contributed by atoms with E-state index in [1.54, 1.807) is 49.9 Å². The lowest BCUT2D eigenvalue weighted by atomic mass is 9.96. The molecule has 0 aliphatic carbocycles. The highest BCUT2D eigenvalue weighted by molar-refractivity contribution is 7.84. The maximum Gasteiger partial charge on any atom is 0.410 e. The number of fused-ring (bicyclic) bond motifs is 6. The van der Waals surface area contributed by atoms with Crippen LogP contribution in [0.2, 0.25) is 16.6 Å². The Labute approximate surface area is 334 Å². The van der Waals surface area contributed by atoms with Gasteiger partial charge in [-0.15, -0.1) is 5.54 Å². The highest BCUT2D eigenvalue weighted by Crippen LogP contribution is 2.48. The van der Waals surface area contributed by atoms with Crippen molar-refractivity contribution in [3.8, 4) is 28.6 Å². The fraction of sp³-hybridized carbons (Fsp3) is 0.524. The van der Waals surface area contributed by atoms with Crippen molar-refractivity contribution in [2.75, 3.05) is 17.7 Å². The Morgan fingerprint density at radius 1 is 0.982 bits per heavy atom. The summed E-state index contributed by atoms with van der Waals surface area (Å²) >= 11 is 0. The summed E-state index contributed by atoms with van der Waals surface area (Å²) < 4.78 is 89.4. The maximum absolute atomic E-state index is 17.4. The molecule has 9 nitrogen and oxygen atoms in total. The number of benzene rings is 2. The van der Waals surface area contributed by atoms with Crippen molar-refractivity contribution in [3.05, 3.63) is 47.5 Å². The van der Waals surface area contributed by atoms with Crippen LogP contribution in [0.4, 0.5) is 28.2 Å². The van der Waals surface area contributed by atoms with Gasteiger partial charge in [0.1, 0.15) is 41.9 Å². The minimum absolute atomic E-state index is 0.0416. The van der Waals surface area contributed by atoms with Gasteiger partial charge in [-0.3, -0.25) is 9.11 Å². The van der Waals surface area contributed by atoms with E-state index in [0.29, 0.717) is 23.6 Å². The van der Waals surface area contributed by atoms with Crippen molar-refractivity contribution in [3.63, 3.8) is 0 Å². The van der Waals surface area contributed by atoms with Crippen LogP contribution in [0.15, 0.2) is 35.5 Å². The quantitative estimate of drug-likeness (QED) is 0.0822. The Kier molecular flexibility index (Phi) is 10.6. The molecule has 5 heterocycles. The van der Waals surface area contributed by atoms with Crippen LogP contribution in [0.3, 0.4) is 0 Å². The van der Waals surface area contributed by atoms with E-state index in [2.05, 4.69) is 68.0 Å². The molecule has 0 radical (unpaired) electrons. The van der Waals surface area contributed by atoms with Gasteiger partial charge in [0.05, 0.1) is 34.5 Å². The summed E-state index contributed by atoms with van der Waals surface area (Å²) in [6, 6.07) is 5.56. The molecule has 3 aliphatic rings. The molecule has 15 heteroatoms. The van der Waals surface area contributed by atoms with Gasteiger partial charge in [0.15, 0.2) is 11.9 Å². The van der Waals surface area contributed by atoms with Gasteiger partial charge in [0.25, 0.3) is 6.43 Å². The lowest BCUT2D eigenvalue weighted by molar-refractivity contribution is -0.0371. The summed E-state index contributed by atoms with van der Waals surface area (Å²) in [7, 11) is -4.18. The molecule has 2 aromatic heterocycles. The molecule has 57 heavy (non-hydrogen) atoms. The molecule has 1 unspecified atom stereocenters. The van der Waals surface area contributed by atoms with Crippen LogP contribution in [0.1, 0.15) is 80.7 Å². The summed E-state index contributed by atoms with van der Waals surface area (Å²) in [4.78, 5) is 30.3. The van der Waals surface area contributed by atoms with E-state index >= 15 is 17.6 Å². The van der Waals surface area contributed by atoms with E-state index < -0.39 is 72.9 Å². The SMILES string of the molecule is CC(C)[Si](C#Cc1c(F)ccc2cccc(-c3nc4c5c(nc(S(C)=O)nc5c3F)N3C[C@H]5CC[C@@H]([C@H]3[C@H](C(F)F)O4)N5C(=O)OC(C)(C)C)c12)(C(C)C)C(C)C. The summed E-state index contributed by atoms with van der Waals surface area (Å²) in [5.74, 6) is 1.38. The predicted molar refractivity (Wildman–Crippen MR) is 217 cm³/mol. The summed E-state index contributed by atoms with van der Waals surface area (Å²) in [6.07, 6.45) is -3.34. The molecular formula is C42H49F4N5O4SSi. The molecular weight excluding hydrogens is 775 g/mol. The number of nitrogens with zero attached hydrogens (tertiary/aromatic N) is 5. The van der Waals surface area contributed by atoms with Gasteiger partial charge in [-0.1, -0.05) is 71.7 Å². The topological polar surface area (TPSA) is 97.8 Å². The van der Waals surface area contributed by atoms with Crippen LogP contribution in [0, 0.1) is 23.1 Å². The monoisotopic (exact) mass is 823 g/mol. The number of ether oxygens (including phenoxy) is 2. The predicted octanol–water partition coefficient (Wildman–Crippen LogP) is 9.41. The fourth-order valence-corrected chi connectivity index (χ4v) is 15.2. The number of hydrogen-bond acceptors (Lipinski definition) is 8. The first kappa shape index (κ1) is 40.9. The number of halogens is 4. The molecule has 0 saturated carbocycles. The molecule has 0 spiro atoms. The van der Waals surface area contributed by atoms with Crippen molar-refractivity contribution in [2.24, 2.45) is 0 Å². The number of alkyl halides is 2. The first-order valence-corrected chi connectivity index (χ1v) is 23.3. The molecule has 2 saturated heterocycles. The highest BCUT2D eigenvalue weighted by atomic mass is 32.2. The first-order chi connectivity index (χ1) is 26.8. The number of piperazine rings is 1. The van der Waals surface area contributed by atoms with Gasteiger partial charge < -0.3 is 14.4 Å². The second-order valence-electron chi connectivity index (χ2n) is 17.3. The molecule has 2 fully saturated rings. The number of rotatable bonds is 6. The second-order valence-corrected chi connectivity index (χ2v) is 24.2. The zero-order valence-corrected chi connectivity index (χ0v) is 35.7. The third-order valence-corrected chi connectivity index (χ3v) is 18.9. The highest BCUT2D eigenvalue weighted by Gasteiger charge is 2.56. The third-order valence-electron chi connectivity index (χ3n) is 11.9. The molecule has 5 atom stereocenters. The minimum atomic E-state index is -3.08. The maximum atomic E-state index is 17.4. The summed E-state index contributed by atoms with van der Waals surface area (Å²) in [5.41, 5.74) is 3.13. The molecule has 7 rings (SSSR count). The second kappa shape index (κ2) is 14.8. The van der Waals surface area contributed by atoms with Crippen LogP contribution < -0.4 is 9.64 Å². The van der Waals surface area contributed by atoms with Crippen molar-refractivity contribution in [1.29, 1.82) is 0 Å². The zero-order valence-electron chi connectivity index (χ0n) is 33.9. The van der Waals surface area contributed by atoms with Crippen molar-refractivity contribution < 1.29 is 36.0 Å². The standard InChI is InChI=1S/C42H49F4N5O4SSi/c1-21(2)57(22(3)4,23(5)6)19-18-26-28(43)16-14-24-12-11-13-27(30(24)26)33-32(44)34-31-38(49-40(48-34)56(10)53)50-20-25-15-17-29(51(25)41(52)55-42(7,8)9)35(50)36(37(45)46)54-39(31)47-33/h11-14,16,21-23,25,29,35-37H,15,17,20H2,1-10H3/t25-,29+,35+,36-,56?/m1/s1. The van der Waals surface area contributed by atoms with E-state index in [4.69, 9.17) is 9.47 Å². The van der Waals surface area contributed by atoms with Crippen LogP contribution >= 0.6 is 0 Å². The molecule has 1 amide bonds. The van der Waals surface area contributed by atoms with Crippen LogP contribution in [-0.4, -0.2) is 87.3 Å². The molecule has 3 aliphatic heterocycles. The number of aromatic nitrogens is 3. The molecule has 304 valence electrons. The zero-order chi connectivity index (χ0) is 41.5. The Bertz CT molecular complexity index is 2340. The molecule has 2 bridgehead atoms. The van der Waals surface area contributed by atoms with Gasteiger partial charge >= 0.3 is 6.09 Å². The van der Waals surface area contributed by atoms with E-state index in [1.165, 1.54) is 17.2 Å². The molecule has 0 N–H and O–H groups in total. The Morgan fingerprint density at radius 2 is 1.67 bits per heavy atom. The fourth-order valence-electron chi connectivity index (χ4n) is 9.59. The van der Waals surface area contributed by atoms with Gasteiger partial charge in [-0.05, 0) is 61.7 Å². The smallest absolute Gasteiger partial charge is 0.410 e.